The van der Waals surface area contributed by atoms with Gasteiger partial charge in [0.2, 0.25) is 0 Å². The van der Waals surface area contributed by atoms with Crippen LogP contribution in [0, 0.1) is 19.4 Å². The molecule has 14 heavy (non-hydrogen) atoms. The van der Waals surface area contributed by atoms with Crippen molar-refractivity contribution in [2.75, 3.05) is 0 Å². The SMILES string of the molecule is CC.CC.Cc1ccc(C)c(N=N)c1. The van der Waals surface area contributed by atoms with E-state index in [0.29, 0.717) is 0 Å². The molecule has 0 fully saturated rings. The maximum Gasteiger partial charge on any atom is 0.0881 e. The van der Waals surface area contributed by atoms with E-state index < -0.39 is 0 Å². The maximum atomic E-state index is 6.81. The largest absolute Gasteiger partial charge is 0.204 e. The number of hydrogen-bond acceptors (Lipinski definition) is 2. The Morgan fingerprint density at radius 2 is 1.50 bits per heavy atom. The predicted molar refractivity (Wildman–Crippen MR) is 63.4 cm³/mol. The lowest BCUT2D eigenvalue weighted by molar-refractivity contribution is 1.13. The Bertz CT molecular complexity index is 254. The summed E-state index contributed by atoms with van der Waals surface area (Å²) >= 11 is 0. The first kappa shape index (κ1) is 15.3. The summed E-state index contributed by atoms with van der Waals surface area (Å²) in [5, 5.41) is 3.38. The zero-order valence-corrected chi connectivity index (χ0v) is 10.2. The van der Waals surface area contributed by atoms with Gasteiger partial charge in [-0.2, -0.15) is 5.11 Å². The average Bonchev–Trinajstić information content (AvgIpc) is 2.27. The minimum Gasteiger partial charge on any atom is -0.204 e. The normalized spacial score (nSPS) is 7.57. The molecule has 0 heterocycles. The van der Waals surface area contributed by atoms with Crippen LogP contribution >= 0.6 is 0 Å². The Labute approximate surface area is 87.9 Å². The molecule has 1 N–H and O–H groups in total. The summed E-state index contributed by atoms with van der Waals surface area (Å²) in [5.41, 5.74) is 9.78. The van der Waals surface area contributed by atoms with Crippen molar-refractivity contribution in [3.8, 4) is 0 Å². The van der Waals surface area contributed by atoms with Gasteiger partial charge in [0, 0.05) is 0 Å². The summed E-state index contributed by atoms with van der Waals surface area (Å²) < 4.78 is 0. The third kappa shape index (κ3) is 5.46. The molecule has 0 radical (unpaired) electrons. The molecule has 0 saturated heterocycles. The van der Waals surface area contributed by atoms with E-state index in [2.05, 4.69) is 5.11 Å². The van der Waals surface area contributed by atoms with Gasteiger partial charge >= 0.3 is 0 Å². The molecule has 1 aromatic carbocycles. The Kier molecular flexibility index (Phi) is 10.8. The summed E-state index contributed by atoms with van der Waals surface area (Å²) in [5.74, 6) is 0. The van der Waals surface area contributed by atoms with Crippen molar-refractivity contribution >= 4 is 5.69 Å². The van der Waals surface area contributed by atoms with Gasteiger partial charge in [-0.05, 0) is 31.0 Å². The van der Waals surface area contributed by atoms with Crippen LogP contribution in [0.15, 0.2) is 23.3 Å². The minimum absolute atomic E-state index is 0.764. The molecule has 0 spiro atoms. The van der Waals surface area contributed by atoms with Gasteiger partial charge in [0.15, 0.2) is 0 Å². The second-order valence-corrected chi connectivity index (χ2v) is 2.40. The molecular weight excluding hydrogens is 172 g/mol. The highest BCUT2D eigenvalue weighted by atomic mass is 15.0. The highest BCUT2D eigenvalue weighted by molar-refractivity contribution is 5.46. The first-order valence-electron chi connectivity index (χ1n) is 5.19. The molecule has 0 saturated carbocycles. The lowest BCUT2D eigenvalue weighted by Gasteiger charge is -1.97. The van der Waals surface area contributed by atoms with Gasteiger partial charge < -0.3 is 0 Å². The van der Waals surface area contributed by atoms with Crippen LogP contribution in [0.3, 0.4) is 0 Å². The summed E-state index contributed by atoms with van der Waals surface area (Å²) in [6.45, 7) is 11.9. The number of benzene rings is 1. The van der Waals surface area contributed by atoms with E-state index in [0.717, 1.165) is 16.8 Å². The highest BCUT2D eigenvalue weighted by Gasteiger charge is 1.93. The van der Waals surface area contributed by atoms with Crippen LogP contribution in [0.25, 0.3) is 0 Å². The molecule has 0 atom stereocenters. The number of nitrogens with one attached hydrogen (secondary N) is 1. The van der Waals surface area contributed by atoms with E-state index in [9.17, 15) is 0 Å². The van der Waals surface area contributed by atoms with E-state index >= 15 is 0 Å². The topological polar surface area (TPSA) is 36.2 Å². The third-order valence-electron chi connectivity index (χ3n) is 1.49. The molecule has 1 aromatic rings. The molecule has 1 rings (SSSR count). The van der Waals surface area contributed by atoms with Crippen LogP contribution in [0.4, 0.5) is 5.69 Å². The van der Waals surface area contributed by atoms with Gasteiger partial charge in [-0.25, -0.2) is 5.53 Å². The standard InChI is InChI=1S/C8H10N2.2C2H6/c1-6-3-4-7(2)8(5-6)10-9;2*1-2/h3-5,9H,1-2H3;2*1-2H3. The molecule has 0 amide bonds. The summed E-state index contributed by atoms with van der Waals surface area (Å²) in [4.78, 5) is 0. The maximum absolute atomic E-state index is 6.81. The molecule has 80 valence electrons. The lowest BCUT2D eigenvalue weighted by Crippen LogP contribution is -1.74. The zero-order chi connectivity index (χ0) is 11.6. The van der Waals surface area contributed by atoms with Gasteiger partial charge in [0.05, 0.1) is 5.69 Å². The number of hydrogen-bond donors (Lipinski definition) is 1. The quantitative estimate of drug-likeness (QED) is 0.609. The summed E-state index contributed by atoms with van der Waals surface area (Å²) in [7, 11) is 0. The number of aryl methyl sites for hydroxylation is 2. The van der Waals surface area contributed by atoms with Crippen LogP contribution in [-0.2, 0) is 0 Å². The van der Waals surface area contributed by atoms with Gasteiger partial charge in [-0.1, -0.05) is 39.8 Å². The van der Waals surface area contributed by atoms with Crippen molar-refractivity contribution in [3.63, 3.8) is 0 Å². The van der Waals surface area contributed by atoms with E-state index in [1.807, 2.05) is 59.7 Å². The van der Waals surface area contributed by atoms with E-state index in [1.165, 1.54) is 0 Å². The zero-order valence-electron chi connectivity index (χ0n) is 10.2. The molecular formula is C12H22N2. The van der Waals surface area contributed by atoms with Gasteiger partial charge in [0.1, 0.15) is 0 Å². The van der Waals surface area contributed by atoms with Crippen molar-refractivity contribution in [1.29, 1.82) is 5.53 Å². The van der Waals surface area contributed by atoms with Crippen molar-refractivity contribution < 1.29 is 0 Å². The second kappa shape index (κ2) is 9.90. The Morgan fingerprint density at radius 1 is 1.00 bits per heavy atom. The van der Waals surface area contributed by atoms with E-state index in [1.54, 1.807) is 0 Å². The van der Waals surface area contributed by atoms with E-state index in [4.69, 9.17) is 5.53 Å². The smallest absolute Gasteiger partial charge is 0.0881 e. The van der Waals surface area contributed by atoms with Crippen molar-refractivity contribution in [2.45, 2.75) is 41.5 Å². The van der Waals surface area contributed by atoms with Gasteiger partial charge in [-0.15, -0.1) is 0 Å². The first-order chi connectivity index (χ1) is 6.74. The van der Waals surface area contributed by atoms with Crippen LogP contribution in [-0.4, -0.2) is 0 Å². The number of rotatable bonds is 1. The Hall–Kier alpha value is -1.18. The monoisotopic (exact) mass is 194 g/mol. The Morgan fingerprint density at radius 3 is 1.86 bits per heavy atom. The minimum atomic E-state index is 0.764. The van der Waals surface area contributed by atoms with Crippen LogP contribution in [0.5, 0.6) is 0 Å². The molecule has 0 bridgehead atoms. The fourth-order valence-corrected chi connectivity index (χ4v) is 0.840. The molecule has 0 aliphatic heterocycles. The molecule has 0 aromatic heterocycles. The summed E-state index contributed by atoms with van der Waals surface area (Å²) in [6, 6.07) is 5.90. The van der Waals surface area contributed by atoms with Gasteiger partial charge in [0.25, 0.3) is 0 Å². The summed E-state index contributed by atoms with van der Waals surface area (Å²) in [6.07, 6.45) is 0. The molecule has 0 unspecified atom stereocenters. The highest BCUT2D eigenvalue weighted by Crippen LogP contribution is 2.18. The van der Waals surface area contributed by atoms with Crippen molar-refractivity contribution in [3.05, 3.63) is 29.3 Å². The second-order valence-electron chi connectivity index (χ2n) is 2.40. The first-order valence-corrected chi connectivity index (χ1v) is 5.19. The average molecular weight is 194 g/mol. The Balaban J connectivity index is 0. The van der Waals surface area contributed by atoms with Gasteiger partial charge in [-0.3, -0.25) is 0 Å². The molecule has 0 aliphatic rings. The van der Waals surface area contributed by atoms with Crippen molar-refractivity contribution in [1.82, 2.24) is 0 Å². The van der Waals surface area contributed by atoms with Crippen LogP contribution in [0.2, 0.25) is 0 Å². The molecule has 2 nitrogen and oxygen atoms in total. The molecule has 2 heteroatoms. The number of nitrogens with zero attached hydrogens (tertiary/aromatic N) is 1. The van der Waals surface area contributed by atoms with E-state index in [-0.39, 0.29) is 0 Å². The third-order valence-corrected chi connectivity index (χ3v) is 1.49. The molecule has 0 aliphatic carbocycles. The van der Waals surface area contributed by atoms with Crippen LogP contribution < -0.4 is 0 Å². The van der Waals surface area contributed by atoms with Crippen LogP contribution in [0.1, 0.15) is 38.8 Å². The fraction of sp³-hybridized carbons (Fsp3) is 0.500. The predicted octanol–water partition coefficient (Wildman–Crippen LogP) is 5.02. The lowest BCUT2D eigenvalue weighted by atomic mass is 10.1. The van der Waals surface area contributed by atoms with Crippen molar-refractivity contribution in [2.24, 2.45) is 5.11 Å². The fourth-order valence-electron chi connectivity index (χ4n) is 0.840.